The Morgan fingerprint density at radius 2 is 1.75 bits per heavy atom. The van der Waals surface area contributed by atoms with Crippen LogP contribution in [0.5, 0.6) is 0 Å². The lowest BCUT2D eigenvalue weighted by Crippen LogP contribution is -2.34. The summed E-state index contributed by atoms with van der Waals surface area (Å²) in [6.07, 6.45) is 1.13. The molecule has 104 valence electrons. The van der Waals surface area contributed by atoms with Crippen LogP contribution in [0.3, 0.4) is 0 Å². The molecule has 0 radical (unpaired) electrons. The molecule has 0 unspecified atom stereocenters. The highest BCUT2D eigenvalue weighted by molar-refractivity contribution is 6.35. The largest absolute Gasteiger partial charge is 0.316 e. The van der Waals surface area contributed by atoms with Crippen molar-refractivity contribution in [3.8, 4) is 0 Å². The zero-order valence-corrected chi connectivity index (χ0v) is 12.7. The zero-order valence-electron chi connectivity index (χ0n) is 11.2. The van der Waals surface area contributed by atoms with Crippen LogP contribution in [0.2, 0.25) is 10.0 Å². The maximum absolute atomic E-state index is 6.40. The van der Waals surface area contributed by atoms with Gasteiger partial charge in [-0.05, 0) is 42.1 Å². The minimum Gasteiger partial charge on any atom is -0.316 e. The van der Waals surface area contributed by atoms with Crippen molar-refractivity contribution in [2.24, 2.45) is 0 Å². The smallest absolute Gasteiger partial charge is 0.0456 e. The lowest BCUT2D eigenvalue weighted by atomic mass is 9.77. The van der Waals surface area contributed by atoms with Crippen molar-refractivity contribution in [3.05, 3.63) is 69.7 Å². The summed E-state index contributed by atoms with van der Waals surface area (Å²) in [5.74, 6) is 0.909. The summed E-state index contributed by atoms with van der Waals surface area (Å²) in [4.78, 5) is 0. The lowest BCUT2D eigenvalue weighted by Gasteiger charge is -2.33. The van der Waals surface area contributed by atoms with E-state index >= 15 is 0 Å². The van der Waals surface area contributed by atoms with Crippen LogP contribution in [0.25, 0.3) is 0 Å². The summed E-state index contributed by atoms with van der Waals surface area (Å²) in [7, 11) is 0. The van der Waals surface area contributed by atoms with Gasteiger partial charge in [-0.25, -0.2) is 0 Å². The minimum atomic E-state index is 0.399. The average molecular weight is 306 g/mol. The Balaban J connectivity index is 1.97. The Kier molecular flexibility index (Phi) is 4.30. The molecule has 20 heavy (non-hydrogen) atoms. The second-order valence-corrected chi connectivity index (χ2v) is 6.13. The van der Waals surface area contributed by atoms with Crippen LogP contribution in [0.15, 0.2) is 48.5 Å². The van der Waals surface area contributed by atoms with Crippen molar-refractivity contribution >= 4 is 23.2 Å². The maximum atomic E-state index is 6.40. The summed E-state index contributed by atoms with van der Waals surface area (Å²) < 4.78 is 0. The zero-order chi connectivity index (χ0) is 13.9. The number of rotatable bonds is 2. The van der Waals surface area contributed by atoms with Crippen LogP contribution in [0.1, 0.15) is 29.4 Å². The van der Waals surface area contributed by atoms with Gasteiger partial charge >= 0.3 is 0 Å². The molecule has 3 heteroatoms. The molecule has 1 heterocycles. The van der Waals surface area contributed by atoms with Gasteiger partial charge in [0.15, 0.2) is 0 Å². The van der Waals surface area contributed by atoms with Gasteiger partial charge in [0.05, 0.1) is 0 Å². The first-order valence-corrected chi connectivity index (χ1v) is 7.72. The van der Waals surface area contributed by atoms with Gasteiger partial charge in [0.2, 0.25) is 0 Å². The molecule has 0 spiro atoms. The molecular formula is C17H17Cl2N. The van der Waals surface area contributed by atoms with Crippen LogP contribution in [0.4, 0.5) is 0 Å². The number of hydrogen-bond donors (Lipinski definition) is 1. The highest BCUT2D eigenvalue weighted by Crippen LogP contribution is 2.40. The molecule has 2 atom stereocenters. The van der Waals surface area contributed by atoms with Crippen LogP contribution in [0, 0.1) is 0 Å². The summed E-state index contributed by atoms with van der Waals surface area (Å²) in [6, 6.07) is 16.6. The molecule has 1 saturated heterocycles. The lowest BCUT2D eigenvalue weighted by molar-refractivity contribution is 0.404. The molecule has 2 aromatic rings. The van der Waals surface area contributed by atoms with E-state index in [1.54, 1.807) is 0 Å². The van der Waals surface area contributed by atoms with Crippen molar-refractivity contribution < 1.29 is 0 Å². The Hall–Kier alpha value is -1.02. The Morgan fingerprint density at radius 3 is 2.50 bits per heavy atom. The normalized spacial score (nSPS) is 22.7. The molecule has 1 aliphatic heterocycles. The summed E-state index contributed by atoms with van der Waals surface area (Å²) >= 11 is 12.4. The predicted molar refractivity (Wildman–Crippen MR) is 85.9 cm³/mol. The summed E-state index contributed by atoms with van der Waals surface area (Å²) in [6.45, 7) is 2.02. The van der Waals surface area contributed by atoms with E-state index in [0.717, 1.165) is 24.5 Å². The number of halogens is 2. The quantitative estimate of drug-likeness (QED) is 0.836. The number of nitrogens with one attached hydrogen (secondary N) is 1. The standard InChI is InChI=1S/C17H17Cl2N/c18-13-6-7-15(17(19)10-13)16-11-20-9-8-14(16)12-4-2-1-3-5-12/h1-7,10,14,16,20H,8-9,11H2/t14-,16+/m0/s1. The topological polar surface area (TPSA) is 12.0 Å². The fourth-order valence-electron chi connectivity index (χ4n) is 3.09. The third-order valence-electron chi connectivity index (χ3n) is 4.07. The fraction of sp³-hybridized carbons (Fsp3) is 0.294. The van der Waals surface area contributed by atoms with Gasteiger partial charge in [0, 0.05) is 22.5 Å². The molecule has 0 bridgehead atoms. The fourth-order valence-corrected chi connectivity index (χ4v) is 3.64. The number of benzene rings is 2. The van der Waals surface area contributed by atoms with Crippen LogP contribution in [-0.4, -0.2) is 13.1 Å². The Bertz CT molecular complexity index is 583. The van der Waals surface area contributed by atoms with E-state index in [1.807, 2.05) is 12.1 Å². The molecule has 3 rings (SSSR count). The second kappa shape index (κ2) is 6.17. The molecule has 2 aromatic carbocycles. The van der Waals surface area contributed by atoms with Gasteiger partial charge in [0.25, 0.3) is 0 Å². The molecule has 1 aliphatic rings. The van der Waals surface area contributed by atoms with E-state index in [2.05, 4.69) is 41.7 Å². The Morgan fingerprint density at radius 1 is 0.950 bits per heavy atom. The van der Waals surface area contributed by atoms with E-state index in [1.165, 1.54) is 11.1 Å². The third-order valence-corrected chi connectivity index (χ3v) is 4.63. The van der Waals surface area contributed by atoms with Gasteiger partial charge in [-0.2, -0.15) is 0 Å². The first kappa shape index (κ1) is 13.9. The van der Waals surface area contributed by atoms with E-state index in [-0.39, 0.29) is 0 Å². The number of hydrogen-bond acceptors (Lipinski definition) is 1. The SMILES string of the molecule is Clc1ccc([C@@H]2CNCC[C@H]2c2ccccc2)c(Cl)c1. The molecule has 1 fully saturated rings. The van der Waals surface area contributed by atoms with E-state index in [0.29, 0.717) is 16.9 Å². The predicted octanol–water partition coefficient (Wildman–Crippen LogP) is 4.85. The molecule has 0 aromatic heterocycles. The minimum absolute atomic E-state index is 0.399. The molecular weight excluding hydrogens is 289 g/mol. The Labute approximate surface area is 129 Å². The van der Waals surface area contributed by atoms with Crippen molar-refractivity contribution in [1.29, 1.82) is 0 Å². The van der Waals surface area contributed by atoms with Gasteiger partial charge in [-0.15, -0.1) is 0 Å². The van der Waals surface area contributed by atoms with Crippen molar-refractivity contribution in [2.75, 3.05) is 13.1 Å². The van der Waals surface area contributed by atoms with Crippen molar-refractivity contribution in [1.82, 2.24) is 5.32 Å². The van der Waals surface area contributed by atoms with Crippen LogP contribution in [-0.2, 0) is 0 Å². The van der Waals surface area contributed by atoms with E-state index in [4.69, 9.17) is 23.2 Å². The van der Waals surface area contributed by atoms with E-state index in [9.17, 15) is 0 Å². The monoisotopic (exact) mass is 305 g/mol. The highest BCUT2D eigenvalue weighted by Gasteiger charge is 2.28. The first-order chi connectivity index (χ1) is 9.75. The molecule has 0 aliphatic carbocycles. The average Bonchev–Trinajstić information content (AvgIpc) is 2.48. The second-order valence-electron chi connectivity index (χ2n) is 5.28. The number of piperidine rings is 1. The van der Waals surface area contributed by atoms with Gasteiger partial charge < -0.3 is 5.32 Å². The van der Waals surface area contributed by atoms with Crippen LogP contribution < -0.4 is 5.32 Å². The molecule has 0 saturated carbocycles. The van der Waals surface area contributed by atoms with Gasteiger partial charge in [0.1, 0.15) is 0 Å². The van der Waals surface area contributed by atoms with Gasteiger partial charge in [-0.1, -0.05) is 59.6 Å². The molecule has 1 nitrogen and oxygen atoms in total. The van der Waals surface area contributed by atoms with E-state index < -0.39 is 0 Å². The third kappa shape index (κ3) is 2.85. The van der Waals surface area contributed by atoms with Crippen molar-refractivity contribution in [3.63, 3.8) is 0 Å². The summed E-state index contributed by atoms with van der Waals surface area (Å²) in [5, 5.41) is 4.95. The summed E-state index contributed by atoms with van der Waals surface area (Å²) in [5.41, 5.74) is 2.59. The van der Waals surface area contributed by atoms with Gasteiger partial charge in [-0.3, -0.25) is 0 Å². The molecule has 1 N–H and O–H groups in total. The first-order valence-electron chi connectivity index (χ1n) is 6.96. The van der Waals surface area contributed by atoms with Crippen molar-refractivity contribution in [2.45, 2.75) is 18.3 Å². The van der Waals surface area contributed by atoms with Crippen LogP contribution >= 0.6 is 23.2 Å². The highest BCUT2D eigenvalue weighted by atomic mass is 35.5. The molecule has 0 amide bonds. The maximum Gasteiger partial charge on any atom is 0.0456 e.